The topological polar surface area (TPSA) is 20.2 Å². The Morgan fingerprint density at radius 3 is 2.86 bits per heavy atom. The maximum Gasteiger partial charge on any atom is 0.0774 e. The van der Waals surface area contributed by atoms with E-state index in [9.17, 15) is 0 Å². The third-order valence-electron chi connectivity index (χ3n) is 2.39. The maximum atomic E-state index is 9.05. The maximum absolute atomic E-state index is 9.05. The van der Waals surface area contributed by atoms with E-state index >= 15 is 0 Å². The second-order valence-electron chi connectivity index (χ2n) is 3.28. The number of aliphatic hydroxyl groups is 1. The fourth-order valence-corrected chi connectivity index (χ4v) is 2.89. The molecule has 0 amide bonds. The smallest absolute Gasteiger partial charge is 0.0774 e. The summed E-state index contributed by atoms with van der Waals surface area (Å²) in [5, 5.41) is 10.2. The van der Waals surface area contributed by atoms with Gasteiger partial charge < -0.3 is 5.11 Å². The number of thiophene rings is 1. The van der Waals surface area contributed by atoms with Gasteiger partial charge in [0.25, 0.3) is 0 Å². The molecule has 2 aromatic rings. The molecule has 0 radical (unpaired) electrons. The molecule has 0 aliphatic rings. The van der Waals surface area contributed by atoms with E-state index in [-0.39, 0.29) is 6.61 Å². The minimum Gasteiger partial charge on any atom is -0.391 e. The Balaban J connectivity index is 2.73. The average Bonchev–Trinajstić information content (AvgIpc) is 2.60. The standard InChI is InChI=1S/C11H11ClOS/c1-7-2-3-11-9(10(7)5-12)4-8(6-13)14-11/h2-4,13H,5-6H2,1H3. The van der Waals surface area contributed by atoms with Gasteiger partial charge in [-0.05, 0) is 35.6 Å². The number of hydrogen-bond acceptors (Lipinski definition) is 2. The first-order chi connectivity index (χ1) is 6.76. The predicted molar refractivity (Wildman–Crippen MR) is 62.0 cm³/mol. The zero-order valence-corrected chi connectivity index (χ0v) is 9.45. The molecule has 1 heterocycles. The highest BCUT2D eigenvalue weighted by molar-refractivity contribution is 7.19. The summed E-state index contributed by atoms with van der Waals surface area (Å²) >= 11 is 7.53. The van der Waals surface area contributed by atoms with Gasteiger partial charge in [0.15, 0.2) is 0 Å². The molecule has 2 rings (SSSR count). The second-order valence-corrected chi connectivity index (χ2v) is 4.71. The van der Waals surface area contributed by atoms with Crippen LogP contribution in [0, 0.1) is 6.92 Å². The van der Waals surface area contributed by atoms with Gasteiger partial charge >= 0.3 is 0 Å². The van der Waals surface area contributed by atoms with Gasteiger partial charge in [-0.2, -0.15) is 0 Å². The van der Waals surface area contributed by atoms with E-state index in [1.165, 1.54) is 21.2 Å². The molecule has 1 nitrogen and oxygen atoms in total. The van der Waals surface area contributed by atoms with Crippen molar-refractivity contribution in [3.05, 3.63) is 34.2 Å². The van der Waals surface area contributed by atoms with Gasteiger partial charge in [0.1, 0.15) is 0 Å². The number of fused-ring (bicyclic) bond motifs is 1. The Morgan fingerprint density at radius 1 is 1.43 bits per heavy atom. The molecular weight excluding hydrogens is 216 g/mol. The van der Waals surface area contributed by atoms with Gasteiger partial charge in [0.05, 0.1) is 6.61 Å². The lowest BCUT2D eigenvalue weighted by molar-refractivity contribution is 0.285. The van der Waals surface area contributed by atoms with Crippen molar-refractivity contribution in [1.82, 2.24) is 0 Å². The van der Waals surface area contributed by atoms with E-state index in [0.29, 0.717) is 5.88 Å². The Morgan fingerprint density at radius 2 is 2.21 bits per heavy atom. The molecule has 1 aromatic heterocycles. The SMILES string of the molecule is Cc1ccc2sc(CO)cc2c1CCl. The van der Waals surface area contributed by atoms with Crippen LogP contribution < -0.4 is 0 Å². The van der Waals surface area contributed by atoms with E-state index in [1.807, 2.05) is 6.07 Å². The lowest BCUT2D eigenvalue weighted by Crippen LogP contribution is -1.84. The highest BCUT2D eigenvalue weighted by Gasteiger charge is 2.07. The predicted octanol–water partition coefficient (Wildman–Crippen LogP) is 3.44. The normalized spacial score (nSPS) is 11.1. The highest BCUT2D eigenvalue weighted by atomic mass is 35.5. The number of hydrogen-bond donors (Lipinski definition) is 1. The fraction of sp³-hybridized carbons (Fsp3) is 0.273. The summed E-state index contributed by atoms with van der Waals surface area (Å²) in [5.41, 5.74) is 2.40. The van der Waals surface area contributed by atoms with E-state index < -0.39 is 0 Å². The molecule has 0 aliphatic heterocycles. The van der Waals surface area contributed by atoms with Gasteiger partial charge in [0, 0.05) is 15.5 Å². The number of halogens is 1. The summed E-state index contributed by atoms with van der Waals surface area (Å²) in [6, 6.07) is 6.20. The van der Waals surface area contributed by atoms with Crippen molar-refractivity contribution in [3.63, 3.8) is 0 Å². The van der Waals surface area contributed by atoms with E-state index in [4.69, 9.17) is 16.7 Å². The summed E-state index contributed by atoms with van der Waals surface area (Å²) in [7, 11) is 0. The number of aryl methyl sites for hydroxylation is 1. The van der Waals surface area contributed by atoms with Gasteiger partial charge in [-0.25, -0.2) is 0 Å². The molecule has 74 valence electrons. The van der Waals surface area contributed by atoms with Crippen LogP contribution in [0.1, 0.15) is 16.0 Å². The van der Waals surface area contributed by atoms with E-state index in [0.717, 1.165) is 4.88 Å². The molecule has 1 aromatic carbocycles. The van der Waals surface area contributed by atoms with Crippen molar-refractivity contribution in [2.45, 2.75) is 19.4 Å². The molecular formula is C11H11ClOS. The number of rotatable bonds is 2. The van der Waals surface area contributed by atoms with Crippen molar-refractivity contribution < 1.29 is 5.11 Å². The van der Waals surface area contributed by atoms with Crippen molar-refractivity contribution in [2.24, 2.45) is 0 Å². The van der Waals surface area contributed by atoms with Crippen molar-refractivity contribution in [3.8, 4) is 0 Å². The Kier molecular flexibility index (Phi) is 2.77. The molecule has 0 fully saturated rings. The van der Waals surface area contributed by atoms with Crippen molar-refractivity contribution in [1.29, 1.82) is 0 Å². The van der Waals surface area contributed by atoms with Crippen LogP contribution in [-0.4, -0.2) is 5.11 Å². The summed E-state index contributed by atoms with van der Waals surface area (Å²) < 4.78 is 1.20. The third-order valence-corrected chi connectivity index (χ3v) is 3.74. The van der Waals surface area contributed by atoms with Crippen LogP contribution in [0.25, 0.3) is 10.1 Å². The molecule has 0 atom stereocenters. The molecule has 0 bridgehead atoms. The van der Waals surface area contributed by atoms with E-state index in [1.54, 1.807) is 11.3 Å². The molecule has 14 heavy (non-hydrogen) atoms. The van der Waals surface area contributed by atoms with Crippen molar-refractivity contribution >= 4 is 33.0 Å². The summed E-state index contributed by atoms with van der Waals surface area (Å²) in [5.74, 6) is 0.533. The molecule has 0 spiro atoms. The molecule has 0 aliphatic carbocycles. The first-order valence-corrected chi connectivity index (χ1v) is 5.79. The van der Waals surface area contributed by atoms with Crippen LogP contribution in [0.3, 0.4) is 0 Å². The molecule has 0 saturated heterocycles. The minimum absolute atomic E-state index is 0.111. The van der Waals surface area contributed by atoms with Crippen LogP contribution in [0.5, 0.6) is 0 Å². The highest BCUT2D eigenvalue weighted by Crippen LogP contribution is 2.31. The molecule has 1 N–H and O–H groups in total. The lowest BCUT2D eigenvalue weighted by atomic mass is 10.1. The average molecular weight is 227 g/mol. The minimum atomic E-state index is 0.111. The van der Waals surface area contributed by atoms with Crippen molar-refractivity contribution in [2.75, 3.05) is 0 Å². The first kappa shape index (κ1) is 9.97. The zero-order chi connectivity index (χ0) is 10.1. The monoisotopic (exact) mass is 226 g/mol. The lowest BCUT2D eigenvalue weighted by Gasteiger charge is -2.02. The van der Waals surface area contributed by atoms with Crippen LogP contribution in [0.4, 0.5) is 0 Å². The summed E-state index contributed by atoms with van der Waals surface area (Å²) in [4.78, 5) is 0.997. The van der Waals surface area contributed by atoms with Gasteiger partial charge in [-0.1, -0.05) is 6.07 Å². The Hall–Kier alpha value is -0.570. The Bertz CT molecular complexity index is 462. The molecule has 0 saturated carbocycles. The third kappa shape index (κ3) is 1.54. The Labute approximate surface area is 91.9 Å². The molecule has 3 heteroatoms. The van der Waals surface area contributed by atoms with E-state index in [2.05, 4.69) is 19.1 Å². The number of aliphatic hydroxyl groups excluding tert-OH is 1. The van der Waals surface area contributed by atoms with Crippen LogP contribution in [0.2, 0.25) is 0 Å². The van der Waals surface area contributed by atoms with Gasteiger partial charge in [-0.3, -0.25) is 0 Å². The largest absolute Gasteiger partial charge is 0.391 e. The van der Waals surface area contributed by atoms with Gasteiger partial charge in [0.2, 0.25) is 0 Å². The zero-order valence-electron chi connectivity index (χ0n) is 7.88. The van der Waals surface area contributed by atoms with Crippen LogP contribution in [0.15, 0.2) is 18.2 Å². The van der Waals surface area contributed by atoms with Crippen LogP contribution in [-0.2, 0) is 12.5 Å². The van der Waals surface area contributed by atoms with Crippen LogP contribution >= 0.6 is 22.9 Å². The number of alkyl halides is 1. The first-order valence-electron chi connectivity index (χ1n) is 4.44. The molecule has 0 unspecified atom stereocenters. The number of benzene rings is 1. The quantitative estimate of drug-likeness (QED) is 0.778. The summed E-state index contributed by atoms with van der Waals surface area (Å²) in [6.45, 7) is 2.17. The summed E-state index contributed by atoms with van der Waals surface area (Å²) in [6.07, 6.45) is 0. The fourth-order valence-electron chi connectivity index (χ4n) is 1.59. The second kappa shape index (κ2) is 3.89. The van der Waals surface area contributed by atoms with Gasteiger partial charge in [-0.15, -0.1) is 22.9 Å².